The van der Waals surface area contributed by atoms with Crippen molar-refractivity contribution in [3.63, 3.8) is 0 Å². The van der Waals surface area contributed by atoms with E-state index in [4.69, 9.17) is 0 Å². The molecule has 0 fully saturated rings. The van der Waals surface area contributed by atoms with Crippen LogP contribution in [0, 0.1) is 10.8 Å². The lowest BCUT2D eigenvalue weighted by Gasteiger charge is -2.26. The van der Waals surface area contributed by atoms with Crippen LogP contribution in [0.15, 0.2) is 24.3 Å². The Morgan fingerprint density at radius 3 is 1.14 bits per heavy atom. The van der Waals surface area contributed by atoms with Gasteiger partial charge < -0.3 is 0 Å². The molecule has 0 amide bonds. The molecule has 0 N–H and O–H groups in total. The summed E-state index contributed by atoms with van der Waals surface area (Å²) in [5.41, 5.74) is 0.922. The van der Waals surface area contributed by atoms with E-state index >= 15 is 0 Å². The second kappa shape index (κ2) is 3.72. The molecule has 0 aromatic heterocycles. The predicted octanol–water partition coefficient (Wildman–Crippen LogP) is 3.76. The van der Waals surface area contributed by atoms with Crippen LogP contribution < -0.4 is 0 Å². The van der Waals surface area contributed by atoms with E-state index in [0.717, 1.165) is 0 Å². The molecule has 14 heavy (non-hydrogen) atoms. The molecule has 0 spiro atoms. The molecule has 0 aliphatic rings. The summed E-state index contributed by atoms with van der Waals surface area (Å²) < 4.78 is 0. The van der Waals surface area contributed by atoms with Gasteiger partial charge in [0, 0.05) is 0 Å². The van der Waals surface area contributed by atoms with Crippen molar-refractivity contribution in [1.29, 1.82) is 0 Å². The number of allylic oxidation sites excluding steroid dienone is 2. The van der Waals surface area contributed by atoms with Gasteiger partial charge in [0.2, 0.25) is 0 Å². The monoisotopic (exact) mass is 194 g/mol. The van der Waals surface area contributed by atoms with E-state index in [1.165, 1.54) is 0 Å². The molecule has 0 heterocycles. The van der Waals surface area contributed by atoms with E-state index in [1.807, 2.05) is 41.5 Å². The highest BCUT2D eigenvalue weighted by atomic mass is 16.1. The molecule has 0 rings (SSSR count). The maximum atomic E-state index is 11.9. The first-order valence-electron chi connectivity index (χ1n) is 4.91. The van der Waals surface area contributed by atoms with E-state index in [-0.39, 0.29) is 16.6 Å². The van der Waals surface area contributed by atoms with Crippen LogP contribution in [0.3, 0.4) is 0 Å². The van der Waals surface area contributed by atoms with Gasteiger partial charge in [-0.2, -0.15) is 0 Å². The Morgan fingerprint density at radius 1 is 0.786 bits per heavy atom. The lowest BCUT2D eigenvalue weighted by atomic mass is 9.77. The van der Waals surface area contributed by atoms with E-state index in [2.05, 4.69) is 13.2 Å². The Balaban J connectivity index is 4.85. The molecular formula is C13H22O. The van der Waals surface area contributed by atoms with E-state index in [9.17, 15) is 4.79 Å². The number of carbonyl (C=O) groups is 1. The van der Waals surface area contributed by atoms with Crippen LogP contribution in [0.1, 0.15) is 41.5 Å². The van der Waals surface area contributed by atoms with Gasteiger partial charge in [-0.25, -0.2) is 0 Å². The summed E-state index contributed by atoms with van der Waals surface area (Å²) in [6.07, 6.45) is 0. The van der Waals surface area contributed by atoms with Crippen LogP contribution in [0.2, 0.25) is 0 Å². The van der Waals surface area contributed by atoms with Crippen molar-refractivity contribution < 1.29 is 4.79 Å². The highest BCUT2D eigenvalue weighted by molar-refractivity contribution is 6.08. The third-order valence-corrected chi connectivity index (χ3v) is 2.36. The number of Topliss-reactive ketones (excluding diaryl/α,β-unsaturated/α-hetero) is 1. The van der Waals surface area contributed by atoms with Crippen LogP contribution in [0.5, 0.6) is 0 Å². The zero-order valence-electron chi connectivity index (χ0n) is 10.3. The van der Waals surface area contributed by atoms with Crippen molar-refractivity contribution in [2.45, 2.75) is 41.5 Å². The van der Waals surface area contributed by atoms with Gasteiger partial charge in [0.15, 0.2) is 5.78 Å². The lowest BCUT2D eigenvalue weighted by Crippen LogP contribution is -2.24. The Kier molecular flexibility index (Phi) is 3.49. The highest BCUT2D eigenvalue weighted by Gasteiger charge is 2.28. The molecule has 80 valence electrons. The molecule has 0 bridgehead atoms. The number of hydrogen-bond acceptors (Lipinski definition) is 1. The highest BCUT2D eigenvalue weighted by Crippen LogP contribution is 2.32. The summed E-state index contributed by atoms with van der Waals surface area (Å²) in [7, 11) is 0. The van der Waals surface area contributed by atoms with E-state index in [1.54, 1.807) is 0 Å². The van der Waals surface area contributed by atoms with Crippen molar-refractivity contribution in [2.75, 3.05) is 0 Å². The molecule has 1 nitrogen and oxygen atoms in total. The molecule has 0 radical (unpaired) electrons. The van der Waals surface area contributed by atoms with Crippen LogP contribution >= 0.6 is 0 Å². The summed E-state index contributed by atoms with van der Waals surface area (Å²) in [4.78, 5) is 11.9. The van der Waals surface area contributed by atoms with Gasteiger partial charge in [-0.1, -0.05) is 54.7 Å². The van der Waals surface area contributed by atoms with Crippen molar-refractivity contribution in [3.05, 3.63) is 24.3 Å². The van der Waals surface area contributed by atoms with Crippen molar-refractivity contribution in [2.24, 2.45) is 10.8 Å². The van der Waals surface area contributed by atoms with Crippen LogP contribution in [-0.4, -0.2) is 5.78 Å². The van der Waals surface area contributed by atoms with Gasteiger partial charge in [0.05, 0.1) is 0 Å². The maximum absolute atomic E-state index is 11.9. The van der Waals surface area contributed by atoms with Crippen LogP contribution in [0.4, 0.5) is 0 Å². The third kappa shape index (κ3) is 3.13. The van der Waals surface area contributed by atoms with Crippen molar-refractivity contribution in [1.82, 2.24) is 0 Å². The second-order valence-corrected chi connectivity index (χ2v) is 5.79. The maximum Gasteiger partial charge on any atom is 0.184 e. The molecular weight excluding hydrogens is 172 g/mol. The molecule has 1 heteroatoms. The Bertz CT molecular complexity index is 241. The number of hydrogen-bond donors (Lipinski definition) is 0. The first-order valence-corrected chi connectivity index (χ1v) is 4.91. The molecule has 0 saturated heterocycles. The van der Waals surface area contributed by atoms with E-state index in [0.29, 0.717) is 11.1 Å². The smallest absolute Gasteiger partial charge is 0.184 e. The van der Waals surface area contributed by atoms with Gasteiger partial charge in [-0.05, 0) is 22.0 Å². The lowest BCUT2D eigenvalue weighted by molar-refractivity contribution is -0.113. The van der Waals surface area contributed by atoms with Gasteiger partial charge in [0.1, 0.15) is 0 Å². The quantitative estimate of drug-likeness (QED) is 0.612. The van der Waals surface area contributed by atoms with Crippen molar-refractivity contribution in [3.8, 4) is 0 Å². The third-order valence-electron chi connectivity index (χ3n) is 2.36. The summed E-state index contributed by atoms with van der Waals surface area (Å²) in [5.74, 6) is 0.00463. The molecule has 0 atom stereocenters. The van der Waals surface area contributed by atoms with Crippen LogP contribution in [0.25, 0.3) is 0 Å². The minimum atomic E-state index is -0.175. The fourth-order valence-corrected chi connectivity index (χ4v) is 0.863. The Morgan fingerprint density at radius 2 is 1.00 bits per heavy atom. The molecule has 0 aliphatic carbocycles. The fourth-order valence-electron chi connectivity index (χ4n) is 0.863. The van der Waals surface area contributed by atoms with Crippen molar-refractivity contribution >= 4 is 5.78 Å². The molecule has 0 aromatic carbocycles. The average Bonchev–Trinajstić information content (AvgIpc) is 1.97. The summed E-state index contributed by atoms with van der Waals surface area (Å²) >= 11 is 0. The minimum absolute atomic E-state index is 0.00463. The minimum Gasteiger partial charge on any atom is -0.289 e. The molecule has 0 aliphatic heterocycles. The van der Waals surface area contributed by atoms with Gasteiger partial charge in [0.25, 0.3) is 0 Å². The topological polar surface area (TPSA) is 17.1 Å². The largest absolute Gasteiger partial charge is 0.289 e. The van der Waals surface area contributed by atoms with Gasteiger partial charge in [-0.15, -0.1) is 0 Å². The average molecular weight is 194 g/mol. The first-order chi connectivity index (χ1) is 5.98. The normalized spacial score (nSPS) is 12.4. The summed E-state index contributed by atoms with van der Waals surface area (Å²) in [6, 6.07) is 0. The zero-order chi connectivity index (χ0) is 11.7. The van der Waals surface area contributed by atoms with Crippen LogP contribution in [-0.2, 0) is 4.79 Å². The second-order valence-electron chi connectivity index (χ2n) is 5.79. The van der Waals surface area contributed by atoms with Gasteiger partial charge in [-0.3, -0.25) is 4.79 Å². The number of rotatable bonds is 2. The zero-order valence-corrected chi connectivity index (χ0v) is 10.3. The Hall–Kier alpha value is -0.850. The number of ketones is 1. The predicted molar refractivity (Wildman–Crippen MR) is 62.2 cm³/mol. The van der Waals surface area contributed by atoms with E-state index < -0.39 is 0 Å². The molecule has 0 unspecified atom stereocenters. The SMILES string of the molecule is C=C(C(=O)C(=C)C(C)(C)C)C(C)(C)C. The van der Waals surface area contributed by atoms with Gasteiger partial charge >= 0.3 is 0 Å². The Labute approximate surface area is 87.9 Å². The summed E-state index contributed by atoms with van der Waals surface area (Å²) in [5, 5.41) is 0. The standard InChI is InChI=1S/C13H22O/c1-9(12(3,4)5)11(14)10(2)13(6,7)8/h1-2H2,3-8H3. The fraction of sp³-hybridized carbons (Fsp3) is 0.615. The molecule has 0 saturated carbocycles. The first kappa shape index (κ1) is 13.2. The molecule has 0 aromatic rings. The summed E-state index contributed by atoms with van der Waals surface area (Å²) in [6.45, 7) is 19.6. The number of carbonyl (C=O) groups excluding carboxylic acids is 1.